The molecule has 0 aliphatic heterocycles. The smallest absolute Gasteiger partial charge is 0.148 e. The maximum atomic E-state index is 13.8. The van der Waals surface area contributed by atoms with Crippen LogP contribution in [0.3, 0.4) is 0 Å². The second-order valence-corrected chi connectivity index (χ2v) is 5.97. The number of benzene rings is 1. The molecule has 0 radical (unpaired) electrons. The highest BCUT2D eigenvalue weighted by Crippen LogP contribution is 2.28. The highest BCUT2D eigenvalue weighted by atomic mass is 79.9. The van der Waals surface area contributed by atoms with Gasteiger partial charge >= 0.3 is 0 Å². The van der Waals surface area contributed by atoms with E-state index in [9.17, 15) is 9.65 Å². The lowest BCUT2D eigenvalue weighted by Crippen LogP contribution is -2.09. The van der Waals surface area contributed by atoms with Crippen LogP contribution in [0, 0.1) is 17.1 Å². The topological polar surface area (TPSA) is 48.7 Å². The third-order valence-electron chi connectivity index (χ3n) is 3.60. The standard InChI is InChI=1S/C16H13BrFN3/c17-12-5-6-13(18)15(8-12)21-16-11(9-19)7-10-3-1-2-4-14(10)20-16/h5-8H,1-4H2,(H,20,21). The van der Waals surface area contributed by atoms with E-state index in [1.807, 2.05) is 6.07 Å². The average Bonchev–Trinajstić information content (AvgIpc) is 2.50. The molecule has 1 aliphatic rings. The summed E-state index contributed by atoms with van der Waals surface area (Å²) < 4.78 is 14.6. The first-order valence-corrected chi connectivity index (χ1v) is 7.61. The summed E-state index contributed by atoms with van der Waals surface area (Å²) in [5.41, 5.74) is 2.91. The zero-order valence-electron chi connectivity index (χ0n) is 11.3. The summed E-state index contributed by atoms with van der Waals surface area (Å²) in [6.07, 6.45) is 4.11. The number of nitrogens with zero attached hydrogens (tertiary/aromatic N) is 2. The van der Waals surface area contributed by atoms with E-state index in [4.69, 9.17) is 0 Å². The van der Waals surface area contributed by atoms with Gasteiger partial charge in [0.1, 0.15) is 17.7 Å². The fourth-order valence-corrected chi connectivity index (χ4v) is 2.90. The number of nitriles is 1. The lowest BCUT2D eigenvalue weighted by atomic mass is 9.95. The van der Waals surface area contributed by atoms with Crippen molar-refractivity contribution in [3.8, 4) is 6.07 Å². The molecule has 0 saturated carbocycles. The summed E-state index contributed by atoms with van der Waals surface area (Å²) in [5.74, 6) is 0.0526. The van der Waals surface area contributed by atoms with E-state index >= 15 is 0 Å². The number of fused-ring (bicyclic) bond motifs is 1. The van der Waals surface area contributed by atoms with E-state index in [0.29, 0.717) is 17.1 Å². The molecule has 1 N–H and O–H groups in total. The van der Waals surface area contributed by atoms with Crippen molar-refractivity contribution in [2.45, 2.75) is 25.7 Å². The summed E-state index contributed by atoms with van der Waals surface area (Å²) in [7, 11) is 0. The second-order valence-electron chi connectivity index (χ2n) is 5.06. The molecule has 5 heteroatoms. The minimum absolute atomic E-state index is 0.309. The molecule has 0 bridgehead atoms. The van der Waals surface area contributed by atoms with Crippen LogP contribution in [-0.4, -0.2) is 4.98 Å². The zero-order chi connectivity index (χ0) is 14.8. The van der Waals surface area contributed by atoms with E-state index in [1.54, 1.807) is 12.1 Å². The van der Waals surface area contributed by atoms with E-state index in [0.717, 1.165) is 41.4 Å². The SMILES string of the molecule is N#Cc1cc2c(nc1Nc1cc(Br)ccc1F)CCCC2. The summed E-state index contributed by atoms with van der Waals surface area (Å²) >= 11 is 3.31. The Hall–Kier alpha value is -1.93. The molecule has 0 amide bonds. The van der Waals surface area contributed by atoms with E-state index in [-0.39, 0.29) is 5.82 Å². The second kappa shape index (κ2) is 5.82. The Morgan fingerprint density at radius 1 is 1.24 bits per heavy atom. The Kier molecular flexibility index (Phi) is 3.89. The summed E-state index contributed by atoms with van der Waals surface area (Å²) in [5, 5.41) is 12.2. The Labute approximate surface area is 131 Å². The Morgan fingerprint density at radius 2 is 2.05 bits per heavy atom. The molecule has 1 aromatic heterocycles. The van der Waals surface area contributed by atoms with E-state index < -0.39 is 0 Å². The molecule has 0 spiro atoms. The van der Waals surface area contributed by atoms with Gasteiger partial charge in [-0.25, -0.2) is 9.37 Å². The van der Waals surface area contributed by atoms with E-state index in [2.05, 4.69) is 32.3 Å². The quantitative estimate of drug-likeness (QED) is 0.872. The van der Waals surface area contributed by atoms with E-state index in [1.165, 1.54) is 6.07 Å². The van der Waals surface area contributed by atoms with Crippen molar-refractivity contribution in [2.24, 2.45) is 0 Å². The first-order valence-electron chi connectivity index (χ1n) is 6.82. The number of nitrogens with one attached hydrogen (secondary N) is 1. The third-order valence-corrected chi connectivity index (χ3v) is 4.10. The summed E-state index contributed by atoms with van der Waals surface area (Å²) in [4.78, 5) is 4.53. The Morgan fingerprint density at radius 3 is 2.86 bits per heavy atom. The Balaban J connectivity index is 2.02. The lowest BCUT2D eigenvalue weighted by Gasteiger charge is -2.17. The highest BCUT2D eigenvalue weighted by Gasteiger charge is 2.16. The molecule has 1 aliphatic carbocycles. The molecule has 2 aromatic rings. The van der Waals surface area contributed by atoms with Crippen LogP contribution in [-0.2, 0) is 12.8 Å². The molecule has 0 atom stereocenters. The zero-order valence-corrected chi connectivity index (χ0v) is 12.9. The number of aryl methyl sites for hydroxylation is 2. The van der Waals surface area contributed by atoms with Crippen LogP contribution in [0.15, 0.2) is 28.7 Å². The maximum Gasteiger partial charge on any atom is 0.148 e. The molecule has 0 saturated heterocycles. The van der Waals surface area contributed by atoms with Gasteiger partial charge in [-0.3, -0.25) is 0 Å². The molecule has 1 heterocycles. The lowest BCUT2D eigenvalue weighted by molar-refractivity contribution is 0.631. The Bertz CT molecular complexity index is 737. The number of hydrogen-bond acceptors (Lipinski definition) is 3. The van der Waals surface area contributed by atoms with Gasteiger partial charge in [0.2, 0.25) is 0 Å². The van der Waals surface area contributed by atoms with Crippen molar-refractivity contribution in [2.75, 3.05) is 5.32 Å². The number of anilines is 2. The predicted molar refractivity (Wildman–Crippen MR) is 83.0 cm³/mol. The van der Waals surface area contributed by atoms with Crippen molar-refractivity contribution < 1.29 is 4.39 Å². The van der Waals surface area contributed by atoms with Crippen LogP contribution in [0.5, 0.6) is 0 Å². The van der Waals surface area contributed by atoms with Crippen molar-refractivity contribution in [3.05, 3.63) is 51.4 Å². The van der Waals surface area contributed by atoms with Gasteiger partial charge in [0.05, 0.1) is 11.3 Å². The fourth-order valence-electron chi connectivity index (χ4n) is 2.54. The van der Waals surface area contributed by atoms with Crippen LogP contribution in [0.25, 0.3) is 0 Å². The molecular formula is C16H13BrFN3. The van der Waals surface area contributed by atoms with Crippen LogP contribution >= 0.6 is 15.9 Å². The summed E-state index contributed by atoms with van der Waals surface area (Å²) in [6, 6.07) is 8.65. The highest BCUT2D eigenvalue weighted by molar-refractivity contribution is 9.10. The van der Waals surface area contributed by atoms with Crippen LogP contribution in [0.4, 0.5) is 15.9 Å². The average molecular weight is 346 g/mol. The fraction of sp³-hybridized carbons (Fsp3) is 0.250. The largest absolute Gasteiger partial charge is 0.337 e. The van der Waals surface area contributed by atoms with Gasteiger partial charge in [0.15, 0.2) is 0 Å². The van der Waals surface area contributed by atoms with Crippen LogP contribution in [0.1, 0.15) is 29.7 Å². The van der Waals surface area contributed by atoms with Crippen LogP contribution in [0.2, 0.25) is 0 Å². The summed E-state index contributed by atoms with van der Waals surface area (Å²) in [6.45, 7) is 0. The minimum Gasteiger partial charge on any atom is -0.337 e. The minimum atomic E-state index is -0.374. The van der Waals surface area contributed by atoms with Gasteiger partial charge < -0.3 is 5.32 Å². The molecule has 3 rings (SSSR count). The molecule has 21 heavy (non-hydrogen) atoms. The van der Waals surface area contributed by atoms with Gasteiger partial charge in [0.25, 0.3) is 0 Å². The first-order chi connectivity index (χ1) is 10.2. The first kappa shape index (κ1) is 14.0. The number of hydrogen-bond donors (Lipinski definition) is 1. The van der Waals surface area contributed by atoms with Crippen molar-refractivity contribution in [3.63, 3.8) is 0 Å². The maximum absolute atomic E-state index is 13.8. The van der Waals surface area contributed by atoms with Crippen LogP contribution < -0.4 is 5.32 Å². The molecule has 0 unspecified atom stereocenters. The molecule has 0 fully saturated rings. The van der Waals surface area contributed by atoms with Crippen molar-refractivity contribution >= 4 is 27.4 Å². The van der Waals surface area contributed by atoms with Gasteiger partial charge in [0, 0.05) is 10.2 Å². The third kappa shape index (κ3) is 2.91. The molecular weight excluding hydrogens is 333 g/mol. The monoisotopic (exact) mass is 345 g/mol. The number of rotatable bonds is 2. The normalized spacial score (nSPS) is 13.4. The van der Waals surface area contributed by atoms with Gasteiger partial charge in [-0.05, 0) is 55.5 Å². The van der Waals surface area contributed by atoms with Gasteiger partial charge in [-0.2, -0.15) is 5.26 Å². The van der Waals surface area contributed by atoms with Gasteiger partial charge in [-0.15, -0.1) is 0 Å². The number of pyridine rings is 1. The number of aromatic nitrogens is 1. The van der Waals surface area contributed by atoms with Gasteiger partial charge in [-0.1, -0.05) is 15.9 Å². The molecule has 106 valence electrons. The predicted octanol–water partition coefficient (Wildman–Crippen LogP) is 4.48. The van der Waals surface area contributed by atoms with Crippen molar-refractivity contribution in [1.82, 2.24) is 4.98 Å². The number of halogens is 2. The van der Waals surface area contributed by atoms with Crippen molar-refractivity contribution in [1.29, 1.82) is 5.26 Å². The molecule has 3 nitrogen and oxygen atoms in total. The molecule has 1 aromatic carbocycles.